The summed E-state index contributed by atoms with van der Waals surface area (Å²) in [4.78, 5) is 16.1. The van der Waals surface area contributed by atoms with Crippen molar-refractivity contribution in [3.8, 4) is 5.75 Å². The van der Waals surface area contributed by atoms with Crippen molar-refractivity contribution in [1.29, 1.82) is 0 Å². The van der Waals surface area contributed by atoms with Gasteiger partial charge < -0.3 is 18.4 Å². The molecule has 1 aliphatic carbocycles. The van der Waals surface area contributed by atoms with Crippen LogP contribution < -0.4 is 10.4 Å². The van der Waals surface area contributed by atoms with Gasteiger partial charge in [-0.1, -0.05) is 5.16 Å². The smallest absolute Gasteiger partial charge is 0.339 e. The van der Waals surface area contributed by atoms with Gasteiger partial charge in [0.1, 0.15) is 17.9 Å². The lowest BCUT2D eigenvalue weighted by Gasteiger charge is -2.07. The number of hydrogen-bond acceptors (Lipinski definition) is 7. The molecule has 0 aliphatic heterocycles. The molecular weight excluding hydrogens is 312 g/mol. The minimum absolute atomic E-state index is 0.168. The Morgan fingerprint density at radius 3 is 2.96 bits per heavy atom. The summed E-state index contributed by atoms with van der Waals surface area (Å²) in [5.41, 5.74) is 2.24. The van der Waals surface area contributed by atoms with Crippen LogP contribution in [-0.2, 0) is 30.8 Å². The van der Waals surface area contributed by atoms with Crippen LogP contribution in [0, 0.1) is 0 Å². The molecule has 3 aromatic rings. The van der Waals surface area contributed by atoms with Crippen LogP contribution in [0.5, 0.6) is 5.75 Å². The number of benzene rings is 1. The minimum atomic E-state index is -0.222. The van der Waals surface area contributed by atoms with Crippen LogP contribution in [0.2, 0.25) is 0 Å². The second-order valence-electron chi connectivity index (χ2n) is 5.68. The van der Waals surface area contributed by atoms with Gasteiger partial charge in [0.15, 0.2) is 12.4 Å². The molecule has 0 N–H and O–H groups in total. The van der Waals surface area contributed by atoms with Crippen molar-refractivity contribution >= 4 is 11.0 Å². The van der Waals surface area contributed by atoms with E-state index in [1.54, 1.807) is 19.2 Å². The zero-order valence-electron chi connectivity index (χ0n) is 13.2. The number of nitrogens with zero attached hydrogens (tertiary/aromatic N) is 2. The van der Waals surface area contributed by atoms with Gasteiger partial charge in [0.05, 0.1) is 0 Å². The normalized spacial score (nSPS) is 13.4. The molecule has 0 saturated heterocycles. The SMILES string of the molecule is COCc1noc(COc2ccc3oc(=O)c4c(c3c2)CCC4)n1. The average molecular weight is 328 g/mol. The van der Waals surface area contributed by atoms with E-state index in [1.165, 1.54) is 0 Å². The first kappa shape index (κ1) is 14.9. The first-order valence-corrected chi connectivity index (χ1v) is 7.76. The highest BCUT2D eigenvalue weighted by atomic mass is 16.5. The molecule has 0 amide bonds. The van der Waals surface area contributed by atoms with Crippen molar-refractivity contribution in [2.45, 2.75) is 32.5 Å². The van der Waals surface area contributed by atoms with Crippen LogP contribution in [0.25, 0.3) is 11.0 Å². The molecule has 1 aromatic carbocycles. The van der Waals surface area contributed by atoms with E-state index in [0.717, 1.165) is 35.8 Å². The summed E-state index contributed by atoms with van der Waals surface area (Å²) >= 11 is 0. The monoisotopic (exact) mass is 328 g/mol. The van der Waals surface area contributed by atoms with Crippen molar-refractivity contribution in [2.24, 2.45) is 0 Å². The van der Waals surface area contributed by atoms with Gasteiger partial charge >= 0.3 is 5.63 Å². The van der Waals surface area contributed by atoms with E-state index in [-0.39, 0.29) is 12.2 Å². The number of rotatable bonds is 5. The highest BCUT2D eigenvalue weighted by molar-refractivity contribution is 5.83. The van der Waals surface area contributed by atoms with Crippen LogP contribution in [-0.4, -0.2) is 17.3 Å². The third-order valence-corrected chi connectivity index (χ3v) is 4.09. The van der Waals surface area contributed by atoms with Crippen LogP contribution in [0.4, 0.5) is 0 Å². The second kappa shape index (κ2) is 6.09. The van der Waals surface area contributed by atoms with Crippen LogP contribution in [0.1, 0.15) is 29.3 Å². The van der Waals surface area contributed by atoms with Gasteiger partial charge in [0, 0.05) is 18.1 Å². The zero-order valence-corrected chi connectivity index (χ0v) is 13.2. The fourth-order valence-corrected chi connectivity index (χ4v) is 3.03. The third-order valence-electron chi connectivity index (χ3n) is 4.09. The molecule has 7 nitrogen and oxygen atoms in total. The average Bonchev–Trinajstić information content (AvgIpc) is 3.23. The van der Waals surface area contributed by atoms with Gasteiger partial charge in [-0.05, 0) is 43.0 Å². The Kier molecular flexibility index (Phi) is 3.78. The Morgan fingerprint density at radius 1 is 1.21 bits per heavy atom. The third kappa shape index (κ3) is 2.67. The first-order valence-electron chi connectivity index (χ1n) is 7.76. The molecule has 0 radical (unpaired) electrons. The Morgan fingerprint density at radius 2 is 2.08 bits per heavy atom. The van der Waals surface area contributed by atoms with Crippen molar-refractivity contribution in [3.63, 3.8) is 0 Å². The molecule has 4 rings (SSSR count). The van der Waals surface area contributed by atoms with E-state index in [9.17, 15) is 4.79 Å². The minimum Gasteiger partial charge on any atom is -0.484 e. The molecular formula is C17H16N2O5. The van der Waals surface area contributed by atoms with Crippen LogP contribution >= 0.6 is 0 Å². The molecule has 0 spiro atoms. The molecule has 0 atom stereocenters. The molecule has 1 aliphatic rings. The predicted molar refractivity (Wildman–Crippen MR) is 83.9 cm³/mol. The van der Waals surface area contributed by atoms with Crippen LogP contribution in [0.3, 0.4) is 0 Å². The number of hydrogen-bond donors (Lipinski definition) is 0. The number of ether oxygens (including phenoxy) is 2. The largest absolute Gasteiger partial charge is 0.484 e. The van der Waals surface area contributed by atoms with E-state index < -0.39 is 0 Å². The van der Waals surface area contributed by atoms with Gasteiger partial charge in [-0.25, -0.2) is 4.79 Å². The molecule has 2 heterocycles. The lowest BCUT2D eigenvalue weighted by atomic mass is 10.1. The maximum Gasteiger partial charge on any atom is 0.339 e. The fourth-order valence-electron chi connectivity index (χ4n) is 3.03. The van der Waals surface area contributed by atoms with E-state index in [1.807, 2.05) is 6.07 Å². The Balaban J connectivity index is 1.58. The quantitative estimate of drug-likeness (QED) is 0.664. The van der Waals surface area contributed by atoms with E-state index in [2.05, 4.69) is 10.1 Å². The van der Waals surface area contributed by atoms with E-state index >= 15 is 0 Å². The topological polar surface area (TPSA) is 87.6 Å². The molecule has 0 saturated carbocycles. The summed E-state index contributed by atoms with van der Waals surface area (Å²) in [6, 6.07) is 5.42. The standard InChI is InChI=1S/C17H16N2O5/c1-21-8-15-18-16(24-19-15)9-22-10-5-6-14-13(7-10)11-3-2-4-12(11)17(20)23-14/h5-7H,2-4,8-9H2,1H3. The summed E-state index contributed by atoms with van der Waals surface area (Å²) in [7, 11) is 1.57. The summed E-state index contributed by atoms with van der Waals surface area (Å²) in [5, 5.41) is 4.72. The van der Waals surface area contributed by atoms with Crippen molar-refractivity contribution in [2.75, 3.05) is 7.11 Å². The summed E-state index contributed by atoms with van der Waals surface area (Å²) in [5.74, 6) is 1.53. The highest BCUT2D eigenvalue weighted by Gasteiger charge is 2.19. The van der Waals surface area contributed by atoms with E-state index in [0.29, 0.717) is 29.7 Å². The van der Waals surface area contributed by atoms with Crippen LogP contribution in [0.15, 0.2) is 31.9 Å². The highest BCUT2D eigenvalue weighted by Crippen LogP contribution is 2.30. The van der Waals surface area contributed by atoms with E-state index in [4.69, 9.17) is 18.4 Å². The maximum atomic E-state index is 11.9. The lowest BCUT2D eigenvalue weighted by Crippen LogP contribution is -2.07. The molecule has 0 bridgehead atoms. The Labute approximate surface area is 137 Å². The Bertz CT molecular complexity index is 944. The molecule has 124 valence electrons. The Hall–Kier alpha value is -2.67. The summed E-state index contributed by atoms with van der Waals surface area (Å²) in [6.07, 6.45) is 2.66. The molecule has 0 unspecified atom stereocenters. The van der Waals surface area contributed by atoms with Gasteiger partial charge in [0.2, 0.25) is 0 Å². The zero-order chi connectivity index (χ0) is 16.5. The second-order valence-corrected chi connectivity index (χ2v) is 5.68. The van der Waals surface area contributed by atoms with Gasteiger partial charge in [-0.3, -0.25) is 0 Å². The molecule has 24 heavy (non-hydrogen) atoms. The van der Waals surface area contributed by atoms with Gasteiger partial charge in [0.25, 0.3) is 5.89 Å². The summed E-state index contributed by atoms with van der Waals surface area (Å²) in [6.45, 7) is 0.464. The number of methoxy groups -OCH3 is 1. The molecule has 0 fully saturated rings. The van der Waals surface area contributed by atoms with Gasteiger partial charge in [-0.2, -0.15) is 4.98 Å². The number of aromatic nitrogens is 2. The maximum absolute atomic E-state index is 11.9. The van der Waals surface area contributed by atoms with Crippen molar-refractivity contribution in [1.82, 2.24) is 10.1 Å². The van der Waals surface area contributed by atoms with Crippen molar-refractivity contribution < 1.29 is 18.4 Å². The molecule has 2 aromatic heterocycles. The number of aryl methyl sites for hydroxylation is 1. The lowest BCUT2D eigenvalue weighted by molar-refractivity contribution is 0.174. The number of fused-ring (bicyclic) bond motifs is 3. The fraction of sp³-hybridized carbons (Fsp3) is 0.353. The predicted octanol–water partition coefficient (Wildman–Crippen LogP) is 2.39. The molecule has 7 heteroatoms. The first-order chi connectivity index (χ1) is 11.7. The summed E-state index contributed by atoms with van der Waals surface area (Å²) < 4.78 is 21.1. The van der Waals surface area contributed by atoms with Crippen molar-refractivity contribution in [3.05, 3.63) is 51.5 Å². The van der Waals surface area contributed by atoms with Gasteiger partial charge in [-0.15, -0.1) is 0 Å².